The summed E-state index contributed by atoms with van der Waals surface area (Å²) < 4.78 is 108. The molecule has 3 aromatic rings. The molecule has 0 saturated heterocycles. The Balaban J connectivity index is 1.85. The van der Waals surface area contributed by atoms with Gasteiger partial charge in [-0.15, -0.1) is 0 Å². The monoisotopic (exact) mass is 472 g/mol. The molecule has 176 valence electrons. The number of rotatable bonds is 9. The molecule has 0 aromatic heterocycles. The summed E-state index contributed by atoms with van der Waals surface area (Å²) in [7, 11) is 0. The third-order valence-electron chi connectivity index (χ3n) is 4.71. The molecule has 0 spiro atoms. The van der Waals surface area contributed by atoms with Crippen molar-refractivity contribution in [1.82, 2.24) is 0 Å². The van der Waals surface area contributed by atoms with E-state index in [0.29, 0.717) is 17.7 Å². The molecular weight excluding hydrogens is 453 g/mol. The van der Waals surface area contributed by atoms with Gasteiger partial charge in [0.15, 0.2) is 17.4 Å². The lowest BCUT2D eigenvalue weighted by Gasteiger charge is -2.20. The van der Waals surface area contributed by atoms with Crippen LogP contribution in [0.25, 0.3) is 11.1 Å². The zero-order chi connectivity index (χ0) is 24.2. The predicted molar refractivity (Wildman–Crippen MR) is 108 cm³/mol. The van der Waals surface area contributed by atoms with E-state index in [2.05, 4.69) is 4.74 Å². The van der Waals surface area contributed by atoms with E-state index in [1.54, 1.807) is 24.3 Å². The Labute approximate surface area is 185 Å². The number of benzene rings is 3. The number of aryl methyl sites for hydroxylation is 1. The average Bonchev–Trinajstić information content (AvgIpc) is 2.72. The maximum absolute atomic E-state index is 14.6. The number of hydrogen-bond acceptors (Lipinski definition) is 2. The van der Waals surface area contributed by atoms with Crippen LogP contribution in [0.15, 0.2) is 48.5 Å². The highest BCUT2D eigenvalue weighted by molar-refractivity contribution is 5.64. The molecule has 3 rings (SSSR count). The summed E-state index contributed by atoms with van der Waals surface area (Å²) in [6.07, 6.45) is -4.28. The van der Waals surface area contributed by atoms with Crippen LogP contribution in [0.5, 0.6) is 11.5 Å². The molecule has 33 heavy (non-hydrogen) atoms. The summed E-state index contributed by atoms with van der Waals surface area (Å²) in [5.74, 6) is -7.78. The van der Waals surface area contributed by atoms with Crippen molar-refractivity contribution < 1.29 is 40.2 Å². The van der Waals surface area contributed by atoms with Crippen LogP contribution in [0.2, 0.25) is 0 Å². The van der Waals surface area contributed by atoms with Gasteiger partial charge in [0.2, 0.25) is 0 Å². The van der Waals surface area contributed by atoms with Crippen LogP contribution in [-0.4, -0.2) is 13.3 Å². The molecule has 0 unspecified atom stereocenters. The zero-order valence-electron chi connectivity index (χ0n) is 17.4. The topological polar surface area (TPSA) is 18.5 Å². The number of halogens is 7. The second kappa shape index (κ2) is 10.1. The molecule has 0 aliphatic carbocycles. The van der Waals surface area contributed by atoms with Gasteiger partial charge in [0.1, 0.15) is 22.9 Å². The first kappa shape index (κ1) is 24.4. The molecule has 0 aliphatic heterocycles. The maximum Gasteiger partial charge on any atom is 0.432 e. The first-order valence-corrected chi connectivity index (χ1v) is 9.93. The van der Waals surface area contributed by atoms with Crippen LogP contribution < -0.4 is 9.47 Å². The van der Waals surface area contributed by atoms with E-state index in [4.69, 9.17) is 4.74 Å². The first-order chi connectivity index (χ1) is 15.6. The van der Waals surface area contributed by atoms with Crippen molar-refractivity contribution in [3.8, 4) is 22.6 Å². The van der Waals surface area contributed by atoms with Gasteiger partial charge in [-0.2, -0.15) is 8.78 Å². The van der Waals surface area contributed by atoms with Gasteiger partial charge in [0, 0.05) is 12.1 Å². The smallest absolute Gasteiger partial charge is 0.432 e. The number of hydrogen-bond donors (Lipinski definition) is 0. The second-order valence-electron chi connectivity index (χ2n) is 7.26. The Morgan fingerprint density at radius 1 is 0.758 bits per heavy atom. The third kappa shape index (κ3) is 5.77. The molecule has 0 aliphatic rings. The Bertz CT molecular complexity index is 1070. The molecule has 2 nitrogen and oxygen atoms in total. The van der Waals surface area contributed by atoms with Crippen molar-refractivity contribution in [3.63, 3.8) is 0 Å². The van der Waals surface area contributed by atoms with E-state index >= 15 is 0 Å². The summed E-state index contributed by atoms with van der Waals surface area (Å²) in [5.41, 5.74) is -0.381. The molecule has 0 bridgehead atoms. The summed E-state index contributed by atoms with van der Waals surface area (Å²) >= 11 is 0. The second-order valence-corrected chi connectivity index (χ2v) is 7.26. The minimum atomic E-state index is -4.58. The Kier molecular flexibility index (Phi) is 7.50. The zero-order valence-corrected chi connectivity index (χ0v) is 17.4. The molecule has 0 heterocycles. The van der Waals surface area contributed by atoms with Crippen LogP contribution in [0.3, 0.4) is 0 Å². The van der Waals surface area contributed by atoms with Gasteiger partial charge >= 0.3 is 6.11 Å². The van der Waals surface area contributed by atoms with Gasteiger partial charge in [-0.1, -0.05) is 29.8 Å². The summed E-state index contributed by atoms with van der Waals surface area (Å²) in [6.45, 7) is 0.982. The van der Waals surface area contributed by atoms with Crippen LogP contribution in [-0.2, 0) is 6.11 Å². The van der Waals surface area contributed by atoms with Crippen molar-refractivity contribution >= 4 is 0 Å². The molecular formula is C24H19F7O2. The fraction of sp³-hybridized carbons (Fsp3) is 0.250. The van der Waals surface area contributed by atoms with E-state index in [0.717, 1.165) is 17.7 Å². The number of alkyl halides is 3. The Morgan fingerprint density at radius 2 is 1.33 bits per heavy atom. The van der Waals surface area contributed by atoms with E-state index in [9.17, 15) is 30.7 Å². The summed E-state index contributed by atoms with van der Waals surface area (Å²) in [5, 5.41) is 0. The molecule has 0 N–H and O–H groups in total. The Hall–Kier alpha value is -3.23. The van der Waals surface area contributed by atoms with Crippen molar-refractivity contribution in [2.45, 2.75) is 25.9 Å². The standard InChI is InChI=1S/C24H19F7O2/c1-14-4-6-15(7-5-14)16-10-18(26)22(19(27)11-16)24(30,31)33-17-12-20(28)23(21(29)13-17)32-9-3-2-8-25/h4-7,10-13H,2-3,8-9H2,1H3. The predicted octanol–water partition coefficient (Wildman–Crippen LogP) is 7.48. The Morgan fingerprint density at radius 3 is 1.88 bits per heavy atom. The largest absolute Gasteiger partial charge is 0.488 e. The minimum Gasteiger partial charge on any atom is -0.488 e. The molecule has 0 atom stereocenters. The lowest BCUT2D eigenvalue weighted by atomic mass is 10.0. The quantitative estimate of drug-likeness (QED) is 0.238. The normalized spacial score (nSPS) is 11.5. The van der Waals surface area contributed by atoms with Crippen molar-refractivity contribution in [2.24, 2.45) is 0 Å². The van der Waals surface area contributed by atoms with Crippen molar-refractivity contribution in [1.29, 1.82) is 0 Å². The van der Waals surface area contributed by atoms with Gasteiger partial charge in [-0.3, -0.25) is 4.39 Å². The number of ether oxygens (including phenoxy) is 2. The van der Waals surface area contributed by atoms with E-state index in [-0.39, 0.29) is 25.0 Å². The minimum absolute atomic E-state index is 0.0240. The lowest BCUT2D eigenvalue weighted by molar-refractivity contribution is -0.189. The molecule has 3 aromatic carbocycles. The fourth-order valence-electron chi connectivity index (χ4n) is 3.07. The van der Waals surface area contributed by atoms with Crippen LogP contribution >= 0.6 is 0 Å². The van der Waals surface area contributed by atoms with E-state index in [1.165, 1.54) is 0 Å². The third-order valence-corrected chi connectivity index (χ3v) is 4.71. The van der Waals surface area contributed by atoms with Crippen LogP contribution in [0.4, 0.5) is 30.7 Å². The van der Waals surface area contributed by atoms with E-state index in [1.807, 2.05) is 6.92 Å². The molecule has 0 saturated carbocycles. The first-order valence-electron chi connectivity index (χ1n) is 9.93. The van der Waals surface area contributed by atoms with Gasteiger partial charge in [0.05, 0.1) is 13.3 Å². The van der Waals surface area contributed by atoms with Gasteiger partial charge < -0.3 is 9.47 Å². The summed E-state index contributed by atoms with van der Waals surface area (Å²) in [6, 6.07) is 8.76. The van der Waals surface area contributed by atoms with Gasteiger partial charge in [-0.05, 0) is 43.0 Å². The maximum atomic E-state index is 14.6. The van der Waals surface area contributed by atoms with Crippen molar-refractivity contribution in [2.75, 3.05) is 13.3 Å². The highest BCUT2D eigenvalue weighted by Crippen LogP contribution is 2.38. The highest BCUT2D eigenvalue weighted by Gasteiger charge is 2.41. The number of unbranched alkanes of at least 4 members (excludes halogenated alkanes) is 1. The van der Waals surface area contributed by atoms with E-state index < -0.39 is 53.1 Å². The van der Waals surface area contributed by atoms with Gasteiger partial charge in [-0.25, -0.2) is 17.6 Å². The van der Waals surface area contributed by atoms with Crippen LogP contribution in [0.1, 0.15) is 24.0 Å². The van der Waals surface area contributed by atoms with Crippen molar-refractivity contribution in [3.05, 3.63) is 82.9 Å². The molecule has 0 fully saturated rings. The summed E-state index contributed by atoms with van der Waals surface area (Å²) in [4.78, 5) is 0. The molecule has 0 radical (unpaired) electrons. The van der Waals surface area contributed by atoms with Crippen LogP contribution in [0, 0.1) is 30.2 Å². The molecule has 9 heteroatoms. The lowest BCUT2D eigenvalue weighted by Crippen LogP contribution is -2.25. The highest BCUT2D eigenvalue weighted by atomic mass is 19.3. The van der Waals surface area contributed by atoms with Gasteiger partial charge in [0.25, 0.3) is 0 Å². The fourth-order valence-corrected chi connectivity index (χ4v) is 3.07. The average molecular weight is 472 g/mol. The SMILES string of the molecule is Cc1ccc(-c2cc(F)c(C(F)(F)Oc3cc(F)c(OCCCCF)c(F)c3)c(F)c2)cc1. The molecule has 0 amide bonds.